The SMILES string of the molecule is NCC(=O)NCOCC=O. The normalized spacial score (nSPS) is 8.90. The van der Waals surface area contributed by atoms with Crippen LogP contribution in [0.5, 0.6) is 0 Å². The van der Waals surface area contributed by atoms with Crippen LogP contribution in [0.15, 0.2) is 0 Å². The molecule has 0 saturated carbocycles. The van der Waals surface area contributed by atoms with Crippen LogP contribution in [0, 0.1) is 0 Å². The van der Waals surface area contributed by atoms with E-state index in [0.29, 0.717) is 6.29 Å². The van der Waals surface area contributed by atoms with E-state index >= 15 is 0 Å². The minimum atomic E-state index is -0.300. The molecule has 0 aliphatic carbocycles. The highest BCUT2D eigenvalue weighted by atomic mass is 16.5. The second-order valence-corrected chi connectivity index (χ2v) is 1.49. The summed E-state index contributed by atoms with van der Waals surface area (Å²) in [5.74, 6) is -0.300. The lowest BCUT2D eigenvalue weighted by molar-refractivity contribution is -0.122. The van der Waals surface area contributed by atoms with Crippen molar-refractivity contribution < 1.29 is 14.3 Å². The smallest absolute Gasteiger partial charge is 0.235 e. The highest BCUT2D eigenvalue weighted by Crippen LogP contribution is 1.65. The van der Waals surface area contributed by atoms with Gasteiger partial charge >= 0.3 is 0 Å². The summed E-state index contributed by atoms with van der Waals surface area (Å²) in [5, 5.41) is 2.32. The standard InChI is InChI=1S/C5H10N2O3/c6-3-5(9)7-4-10-2-1-8/h1H,2-4,6H2,(H,7,9). The molecular weight excluding hydrogens is 136 g/mol. The van der Waals surface area contributed by atoms with Gasteiger partial charge in [0.1, 0.15) is 19.6 Å². The van der Waals surface area contributed by atoms with E-state index in [0.717, 1.165) is 0 Å². The number of rotatable bonds is 5. The van der Waals surface area contributed by atoms with Gasteiger partial charge in [-0.05, 0) is 0 Å². The van der Waals surface area contributed by atoms with Crippen LogP contribution >= 0.6 is 0 Å². The number of hydrogen-bond acceptors (Lipinski definition) is 4. The van der Waals surface area contributed by atoms with Crippen molar-refractivity contribution in [1.29, 1.82) is 0 Å². The van der Waals surface area contributed by atoms with Gasteiger partial charge in [0.05, 0.1) is 6.54 Å². The van der Waals surface area contributed by atoms with Crippen LogP contribution in [0.1, 0.15) is 0 Å². The molecule has 0 aromatic heterocycles. The van der Waals surface area contributed by atoms with E-state index in [4.69, 9.17) is 5.73 Å². The second-order valence-electron chi connectivity index (χ2n) is 1.49. The topological polar surface area (TPSA) is 81.4 Å². The molecule has 5 nitrogen and oxygen atoms in total. The fraction of sp³-hybridized carbons (Fsp3) is 0.600. The summed E-state index contributed by atoms with van der Waals surface area (Å²) in [4.78, 5) is 20.0. The zero-order valence-corrected chi connectivity index (χ0v) is 5.50. The number of ether oxygens (including phenoxy) is 1. The van der Waals surface area contributed by atoms with Crippen LogP contribution in [0.2, 0.25) is 0 Å². The third-order valence-corrected chi connectivity index (χ3v) is 0.743. The zero-order valence-electron chi connectivity index (χ0n) is 5.50. The predicted octanol–water partition coefficient (Wildman–Crippen LogP) is -1.77. The first-order valence-corrected chi connectivity index (χ1v) is 2.79. The molecule has 3 N–H and O–H groups in total. The van der Waals surface area contributed by atoms with Crippen LogP contribution < -0.4 is 11.1 Å². The van der Waals surface area contributed by atoms with Gasteiger partial charge in [0, 0.05) is 0 Å². The van der Waals surface area contributed by atoms with Crippen LogP contribution in [0.25, 0.3) is 0 Å². The average molecular weight is 146 g/mol. The molecule has 0 aliphatic rings. The molecule has 10 heavy (non-hydrogen) atoms. The Morgan fingerprint density at radius 3 is 2.90 bits per heavy atom. The predicted molar refractivity (Wildman–Crippen MR) is 34.1 cm³/mol. The lowest BCUT2D eigenvalue weighted by atomic mass is 10.6. The van der Waals surface area contributed by atoms with Gasteiger partial charge in [-0.25, -0.2) is 0 Å². The van der Waals surface area contributed by atoms with Crippen molar-refractivity contribution in [2.24, 2.45) is 5.73 Å². The van der Waals surface area contributed by atoms with Gasteiger partial charge in [0.15, 0.2) is 0 Å². The molecule has 0 atom stereocenters. The van der Waals surface area contributed by atoms with Crippen molar-refractivity contribution in [3.63, 3.8) is 0 Å². The summed E-state index contributed by atoms with van der Waals surface area (Å²) in [7, 11) is 0. The Kier molecular flexibility index (Phi) is 5.60. The number of carbonyl (C=O) groups is 2. The molecular formula is C5H10N2O3. The largest absolute Gasteiger partial charge is 0.354 e. The van der Waals surface area contributed by atoms with Crippen molar-refractivity contribution in [3.05, 3.63) is 0 Å². The van der Waals surface area contributed by atoms with Crippen molar-refractivity contribution in [2.75, 3.05) is 19.9 Å². The van der Waals surface area contributed by atoms with Crippen LogP contribution in [-0.2, 0) is 14.3 Å². The molecule has 0 aromatic rings. The maximum atomic E-state index is 10.4. The number of amides is 1. The van der Waals surface area contributed by atoms with Gasteiger partial charge in [-0.1, -0.05) is 0 Å². The second kappa shape index (κ2) is 6.18. The summed E-state index contributed by atoms with van der Waals surface area (Å²) < 4.78 is 4.60. The van der Waals surface area contributed by atoms with Crippen molar-refractivity contribution in [1.82, 2.24) is 5.32 Å². The first-order chi connectivity index (χ1) is 4.81. The fourth-order valence-corrected chi connectivity index (χ4v) is 0.311. The fourth-order valence-electron chi connectivity index (χ4n) is 0.311. The molecule has 0 unspecified atom stereocenters. The monoisotopic (exact) mass is 146 g/mol. The molecule has 5 heteroatoms. The number of carbonyl (C=O) groups excluding carboxylic acids is 2. The summed E-state index contributed by atoms with van der Waals surface area (Å²) in [5.41, 5.74) is 4.95. The number of nitrogens with one attached hydrogen (secondary N) is 1. The van der Waals surface area contributed by atoms with Gasteiger partial charge < -0.3 is 20.6 Å². The molecule has 0 bridgehead atoms. The molecule has 0 radical (unpaired) electrons. The van der Waals surface area contributed by atoms with Gasteiger partial charge in [-0.2, -0.15) is 0 Å². The van der Waals surface area contributed by atoms with Crippen LogP contribution in [0.3, 0.4) is 0 Å². The molecule has 0 aliphatic heterocycles. The van der Waals surface area contributed by atoms with Crippen molar-refractivity contribution in [3.8, 4) is 0 Å². The third kappa shape index (κ3) is 5.20. The molecule has 0 saturated heterocycles. The Balaban J connectivity index is 3.03. The summed E-state index contributed by atoms with van der Waals surface area (Å²) in [6.07, 6.45) is 0.606. The highest BCUT2D eigenvalue weighted by Gasteiger charge is 1.93. The summed E-state index contributed by atoms with van der Waals surface area (Å²) >= 11 is 0. The molecule has 0 heterocycles. The van der Waals surface area contributed by atoms with Crippen molar-refractivity contribution >= 4 is 12.2 Å². The molecule has 0 fully saturated rings. The number of nitrogens with two attached hydrogens (primary N) is 1. The third-order valence-electron chi connectivity index (χ3n) is 0.743. The summed E-state index contributed by atoms with van der Waals surface area (Å²) in [6.45, 7) is -0.0376. The van der Waals surface area contributed by atoms with E-state index in [1.54, 1.807) is 0 Å². The molecule has 0 spiro atoms. The van der Waals surface area contributed by atoms with E-state index in [9.17, 15) is 9.59 Å². The Bertz CT molecular complexity index is 115. The Morgan fingerprint density at radius 1 is 1.70 bits per heavy atom. The Labute approximate surface area is 58.5 Å². The molecule has 0 aromatic carbocycles. The Hall–Kier alpha value is -0.940. The molecule has 1 amide bonds. The van der Waals surface area contributed by atoms with Gasteiger partial charge in [0.2, 0.25) is 5.91 Å². The number of hydrogen-bond donors (Lipinski definition) is 2. The zero-order chi connectivity index (χ0) is 7.82. The van der Waals surface area contributed by atoms with Gasteiger partial charge in [0.25, 0.3) is 0 Å². The van der Waals surface area contributed by atoms with Crippen LogP contribution in [-0.4, -0.2) is 32.1 Å². The van der Waals surface area contributed by atoms with E-state index in [2.05, 4.69) is 10.1 Å². The van der Waals surface area contributed by atoms with Crippen molar-refractivity contribution in [2.45, 2.75) is 0 Å². The van der Waals surface area contributed by atoms with E-state index in [1.807, 2.05) is 0 Å². The van der Waals surface area contributed by atoms with Gasteiger partial charge in [-0.15, -0.1) is 0 Å². The van der Waals surface area contributed by atoms with Gasteiger partial charge in [-0.3, -0.25) is 4.79 Å². The first-order valence-electron chi connectivity index (χ1n) is 2.79. The highest BCUT2D eigenvalue weighted by molar-refractivity contribution is 5.77. The van der Waals surface area contributed by atoms with E-state index in [1.165, 1.54) is 0 Å². The molecule has 58 valence electrons. The lowest BCUT2D eigenvalue weighted by Gasteiger charge is -2.00. The quantitative estimate of drug-likeness (QED) is 0.273. The maximum absolute atomic E-state index is 10.4. The minimum absolute atomic E-state index is 0.00908. The lowest BCUT2D eigenvalue weighted by Crippen LogP contribution is -2.32. The van der Waals surface area contributed by atoms with Crippen LogP contribution in [0.4, 0.5) is 0 Å². The van der Waals surface area contributed by atoms with E-state index < -0.39 is 0 Å². The summed E-state index contributed by atoms with van der Waals surface area (Å²) in [6, 6.07) is 0. The Morgan fingerprint density at radius 2 is 2.40 bits per heavy atom. The number of aldehydes is 1. The maximum Gasteiger partial charge on any atom is 0.235 e. The van der Waals surface area contributed by atoms with E-state index in [-0.39, 0.29) is 25.8 Å². The molecule has 0 rings (SSSR count). The average Bonchev–Trinajstić information content (AvgIpc) is 1.98. The first kappa shape index (κ1) is 9.06. The minimum Gasteiger partial charge on any atom is -0.354 e.